The van der Waals surface area contributed by atoms with Gasteiger partial charge < -0.3 is 10.2 Å². The van der Waals surface area contributed by atoms with E-state index < -0.39 is 11.8 Å². The van der Waals surface area contributed by atoms with Crippen molar-refractivity contribution in [3.63, 3.8) is 0 Å². The standard InChI is InChI=1S/C33H33N3O6/c1-36(30(39)3-2-8-37)16-18-9-26-21-12-22(27(14-21)28(26)10-18)15-34-31(40)24-6-4-19(11-23(24)17-38)20-5-7-25-29(13-20)33(42)35-32(25)41/h2-8,11,13,17-18,21-22,26-28H,9-10,12,14-16H2,1H3,(H,34,40)(H,35,41,42)/b3-2-. The Morgan fingerprint density at radius 2 is 1.67 bits per heavy atom. The van der Waals surface area contributed by atoms with Crippen LogP contribution in [0.1, 0.15) is 67.1 Å². The van der Waals surface area contributed by atoms with Crippen LogP contribution in [0.5, 0.6) is 0 Å². The van der Waals surface area contributed by atoms with Crippen molar-refractivity contribution in [2.75, 3.05) is 20.1 Å². The summed E-state index contributed by atoms with van der Waals surface area (Å²) in [5.41, 5.74) is 2.53. The van der Waals surface area contributed by atoms with Gasteiger partial charge >= 0.3 is 0 Å². The molecule has 1 heterocycles. The van der Waals surface area contributed by atoms with Gasteiger partial charge in [-0.05, 0) is 103 Å². The number of amides is 4. The molecule has 216 valence electrons. The Labute approximate surface area is 243 Å². The molecule has 42 heavy (non-hydrogen) atoms. The first-order valence-corrected chi connectivity index (χ1v) is 14.5. The van der Waals surface area contributed by atoms with Crippen LogP contribution < -0.4 is 10.6 Å². The van der Waals surface area contributed by atoms with Crippen molar-refractivity contribution in [3.05, 3.63) is 70.8 Å². The Morgan fingerprint density at radius 3 is 2.45 bits per heavy atom. The number of fused-ring (bicyclic) bond motifs is 6. The largest absolute Gasteiger partial charge is 0.352 e. The number of imide groups is 1. The van der Waals surface area contributed by atoms with Gasteiger partial charge in [-0.2, -0.15) is 0 Å². The van der Waals surface area contributed by atoms with Crippen molar-refractivity contribution in [2.24, 2.45) is 35.5 Å². The molecule has 0 radical (unpaired) electrons. The molecule has 2 aromatic carbocycles. The number of rotatable bonds is 9. The fourth-order valence-corrected chi connectivity index (χ4v) is 8.15. The number of aldehydes is 2. The maximum Gasteiger partial charge on any atom is 0.258 e. The van der Waals surface area contributed by atoms with Crippen LogP contribution in [0.4, 0.5) is 0 Å². The lowest BCUT2D eigenvalue weighted by atomic mass is 9.75. The van der Waals surface area contributed by atoms with E-state index in [0.717, 1.165) is 19.3 Å². The van der Waals surface area contributed by atoms with Gasteiger partial charge in [0.25, 0.3) is 17.7 Å². The van der Waals surface area contributed by atoms with Crippen LogP contribution in [0, 0.1) is 35.5 Å². The van der Waals surface area contributed by atoms with E-state index in [1.165, 1.54) is 18.6 Å². The van der Waals surface area contributed by atoms with E-state index in [2.05, 4.69) is 10.6 Å². The molecular weight excluding hydrogens is 534 g/mol. The van der Waals surface area contributed by atoms with Crippen LogP contribution in [0.3, 0.4) is 0 Å². The Morgan fingerprint density at radius 1 is 0.929 bits per heavy atom. The molecule has 0 saturated heterocycles. The van der Waals surface area contributed by atoms with Gasteiger partial charge in [0.05, 0.1) is 11.1 Å². The third kappa shape index (κ3) is 4.97. The minimum absolute atomic E-state index is 0.151. The average molecular weight is 568 g/mol. The highest BCUT2D eigenvalue weighted by molar-refractivity contribution is 6.21. The molecule has 6 rings (SSSR count). The van der Waals surface area contributed by atoms with Gasteiger partial charge in [0.1, 0.15) is 6.29 Å². The Balaban J connectivity index is 1.07. The Kier molecular flexibility index (Phi) is 7.35. The SMILES string of the molecule is CN(CC1CC2C3CC(CNC(=O)c4ccc(-c5ccc6c(c5)C(=O)NC6=O)cc4C=O)C(C3)C2C1)C(=O)/C=C\C=O. The van der Waals surface area contributed by atoms with E-state index in [9.17, 15) is 28.8 Å². The number of hydrogen-bond donors (Lipinski definition) is 2. The number of carbonyl (C=O) groups excluding carboxylic acids is 6. The minimum atomic E-state index is -0.450. The monoisotopic (exact) mass is 567 g/mol. The molecule has 0 aromatic heterocycles. The highest BCUT2D eigenvalue weighted by atomic mass is 16.2. The summed E-state index contributed by atoms with van der Waals surface area (Å²) in [6.07, 6.45) is 8.30. The summed E-state index contributed by atoms with van der Waals surface area (Å²) in [7, 11) is 1.78. The summed E-state index contributed by atoms with van der Waals surface area (Å²) in [5.74, 6) is 2.03. The molecule has 3 saturated carbocycles. The summed E-state index contributed by atoms with van der Waals surface area (Å²) in [6.45, 7) is 1.26. The third-order valence-electron chi connectivity index (χ3n) is 9.95. The van der Waals surface area contributed by atoms with Gasteiger partial charge in [0, 0.05) is 37.3 Å². The normalized spacial score (nSPS) is 27.1. The lowest BCUT2D eigenvalue weighted by Crippen LogP contribution is -2.35. The second kappa shape index (κ2) is 11.1. The molecule has 1 aliphatic heterocycles. The Bertz CT molecular complexity index is 1530. The van der Waals surface area contributed by atoms with E-state index >= 15 is 0 Å². The van der Waals surface area contributed by atoms with Crippen molar-refractivity contribution in [2.45, 2.75) is 25.7 Å². The van der Waals surface area contributed by atoms with Crippen LogP contribution in [-0.4, -0.2) is 61.2 Å². The number of carbonyl (C=O) groups is 6. The molecule has 2 N–H and O–H groups in total. The van der Waals surface area contributed by atoms with E-state index in [1.807, 2.05) is 0 Å². The number of nitrogens with zero attached hydrogens (tertiary/aromatic N) is 1. The predicted molar refractivity (Wildman–Crippen MR) is 154 cm³/mol. The maximum atomic E-state index is 13.2. The van der Waals surface area contributed by atoms with Crippen LogP contribution in [0.2, 0.25) is 0 Å². The number of allylic oxidation sites excluding steroid dienone is 1. The molecule has 3 aliphatic carbocycles. The van der Waals surface area contributed by atoms with Crippen molar-refractivity contribution >= 4 is 36.2 Å². The highest BCUT2D eigenvalue weighted by Gasteiger charge is 2.55. The fourth-order valence-electron chi connectivity index (χ4n) is 8.15. The van der Waals surface area contributed by atoms with Crippen molar-refractivity contribution in [1.82, 2.24) is 15.5 Å². The molecule has 2 aromatic rings. The molecule has 6 atom stereocenters. The molecule has 6 unspecified atom stereocenters. The minimum Gasteiger partial charge on any atom is -0.352 e. The summed E-state index contributed by atoms with van der Waals surface area (Å²) in [6, 6.07) is 9.94. The van der Waals surface area contributed by atoms with E-state index in [0.29, 0.717) is 89.0 Å². The lowest BCUT2D eigenvalue weighted by molar-refractivity contribution is -0.125. The Hall–Kier alpha value is -4.40. The zero-order valence-corrected chi connectivity index (χ0v) is 23.4. The van der Waals surface area contributed by atoms with Gasteiger partial charge in [0.15, 0.2) is 6.29 Å². The summed E-state index contributed by atoms with van der Waals surface area (Å²) in [4.78, 5) is 73.5. The molecule has 4 amide bonds. The first kappa shape index (κ1) is 27.8. The van der Waals surface area contributed by atoms with E-state index in [-0.39, 0.29) is 17.4 Å². The third-order valence-corrected chi connectivity index (χ3v) is 9.95. The zero-order chi connectivity index (χ0) is 29.5. The summed E-state index contributed by atoms with van der Waals surface area (Å²) < 4.78 is 0. The molecule has 9 nitrogen and oxygen atoms in total. The van der Waals surface area contributed by atoms with Gasteiger partial charge in [-0.15, -0.1) is 0 Å². The summed E-state index contributed by atoms with van der Waals surface area (Å²) in [5, 5.41) is 5.36. The second-order valence-electron chi connectivity index (χ2n) is 12.2. The van der Waals surface area contributed by atoms with Crippen molar-refractivity contribution < 1.29 is 28.8 Å². The molecule has 9 heteroatoms. The maximum absolute atomic E-state index is 13.2. The van der Waals surface area contributed by atoms with Gasteiger partial charge in [-0.3, -0.25) is 34.1 Å². The topological polar surface area (TPSA) is 130 Å². The smallest absolute Gasteiger partial charge is 0.258 e. The fraction of sp³-hybridized carbons (Fsp3) is 0.394. The summed E-state index contributed by atoms with van der Waals surface area (Å²) >= 11 is 0. The van der Waals surface area contributed by atoms with Gasteiger partial charge in [-0.25, -0.2) is 0 Å². The van der Waals surface area contributed by atoms with Crippen molar-refractivity contribution in [1.29, 1.82) is 0 Å². The first-order chi connectivity index (χ1) is 20.3. The second-order valence-corrected chi connectivity index (χ2v) is 12.2. The predicted octanol–water partition coefficient (Wildman–Crippen LogP) is 3.29. The van der Waals surface area contributed by atoms with Crippen LogP contribution in [0.15, 0.2) is 48.6 Å². The quantitative estimate of drug-likeness (QED) is 0.272. The number of benzene rings is 2. The molecular formula is C33H33N3O6. The number of hydrogen-bond acceptors (Lipinski definition) is 6. The van der Waals surface area contributed by atoms with Crippen LogP contribution in [-0.2, 0) is 9.59 Å². The van der Waals surface area contributed by atoms with E-state index in [1.54, 1.807) is 48.3 Å². The molecule has 0 spiro atoms. The number of nitrogens with one attached hydrogen (secondary N) is 2. The highest BCUT2D eigenvalue weighted by Crippen LogP contribution is 2.62. The number of likely N-dealkylation sites (N-methyl/N-ethyl adjacent to an activating group) is 1. The van der Waals surface area contributed by atoms with Crippen molar-refractivity contribution in [3.8, 4) is 11.1 Å². The zero-order valence-electron chi connectivity index (χ0n) is 23.4. The van der Waals surface area contributed by atoms with Gasteiger partial charge in [0.2, 0.25) is 5.91 Å². The molecule has 2 bridgehead atoms. The van der Waals surface area contributed by atoms with E-state index in [4.69, 9.17) is 0 Å². The average Bonchev–Trinajstić information content (AvgIpc) is 3.75. The lowest BCUT2D eigenvalue weighted by Gasteiger charge is -2.31. The van der Waals surface area contributed by atoms with Crippen LogP contribution >= 0.6 is 0 Å². The molecule has 3 fully saturated rings. The molecule has 4 aliphatic rings. The van der Waals surface area contributed by atoms with Gasteiger partial charge in [-0.1, -0.05) is 12.1 Å². The van der Waals surface area contributed by atoms with Crippen LogP contribution in [0.25, 0.3) is 11.1 Å². The first-order valence-electron chi connectivity index (χ1n) is 14.5.